The van der Waals surface area contributed by atoms with Gasteiger partial charge in [0.05, 0.1) is 11.4 Å². The molecule has 0 spiro atoms. The van der Waals surface area contributed by atoms with Crippen LogP contribution in [0.4, 0.5) is 0 Å². The van der Waals surface area contributed by atoms with Crippen molar-refractivity contribution in [2.45, 2.75) is 0 Å². The first-order chi connectivity index (χ1) is 13.2. The number of aromatic nitrogens is 1. The fourth-order valence-corrected chi connectivity index (χ4v) is 2.50. The molecule has 0 fully saturated rings. The molecule has 3 aromatic rings. The van der Waals surface area contributed by atoms with E-state index < -0.39 is 11.7 Å². The fraction of sp³-hybridized carbons (Fsp3) is 0. The third-order valence-electron chi connectivity index (χ3n) is 3.81. The van der Waals surface area contributed by atoms with Gasteiger partial charge in [0, 0.05) is 17.3 Å². The minimum Gasteiger partial charge on any atom is -0.319 e. The van der Waals surface area contributed by atoms with Gasteiger partial charge in [-0.1, -0.05) is 42.5 Å². The van der Waals surface area contributed by atoms with E-state index in [-0.39, 0.29) is 12.0 Å². The van der Waals surface area contributed by atoms with E-state index >= 15 is 0 Å². The van der Waals surface area contributed by atoms with E-state index in [0.717, 1.165) is 11.3 Å². The largest absolute Gasteiger partial charge is 0.319 e. The molecule has 3 rings (SSSR count). The third kappa shape index (κ3) is 4.61. The van der Waals surface area contributed by atoms with Crippen molar-refractivity contribution < 1.29 is 14.4 Å². The summed E-state index contributed by atoms with van der Waals surface area (Å²) in [4.78, 5) is 39.6. The second kappa shape index (κ2) is 8.49. The molecule has 0 unspecified atom stereocenters. The van der Waals surface area contributed by atoms with E-state index in [2.05, 4.69) is 10.3 Å². The molecule has 0 saturated heterocycles. The smallest absolute Gasteiger partial charge is 0.255 e. The number of rotatable bonds is 6. The maximum atomic E-state index is 12.3. The summed E-state index contributed by atoms with van der Waals surface area (Å²) in [5.41, 5.74) is 2.61. The summed E-state index contributed by atoms with van der Waals surface area (Å²) in [6.07, 6.45) is 3.35. The highest BCUT2D eigenvalue weighted by Crippen LogP contribution is 2.19. The average Bonchev–Trinajstić information content (AvgIpc) is 2.74. The highest BCUT2D eigenvalue weighted by Gasteiger charge is 2.14. The Balaban J connectivity index is 1.91. The van der Waals surface area contributed by atoms with Gasteiger partial charge in [0.2, 0.25) is 5.78 Å². The SMILES string of the molecule is O=CC(=O)/C(=C/c1cccc(-c2ccccn2)c1)NC(=O)c1ccccc1. The quantitative estimate of drug-likeness (QED) is 0.418. The molecule has 5 nitrogen and oxygen atoms in total. The van der Waals surface area contributed by atoms with Gasteiger partial charge in [0.15, 0.2) is 6.29 Å². The van der Waals surface area contributed by atoms with Crippen LogP contribution < -0.4 is 5.32 Å². The Morgan fingerprint density at radius 1 is 0.889 bits per heavy atom. The van der Waals surface area contributed by atoms with Gasteiger partial charge in [-0.05, 0) is 42.0 Å². The number of hydrogen-bond donors (Lipinski definition) is 1. The molecule has 0 bridgehead atoms. The normalized spacial score (nSPS) is 10.9. The van der Waals surface area contributed by atoms with Crippen LogP contribution in [0.25, 0.3) is 17.3 Å². The Hall–Kier alpha value is -3.86. The number of benzene rings is 2. The van der Waals surface area contributed by atoms with Gasteiger partial charge < -0.3 is 5.32 Å². The number of nitrogens with zero attached hydrogens (tertiary/aromatic N) is 1. The van der Waals surface area contributed by atoms with E-state index in [1.807, 2.05) is 36.4 Å². The van der Waals surface area contributed by atoms with Gasteiger partial charge in [-0.2, -0.15) is 0 Å². The number of allylic oxidation sites excluding steroid dienone is 1. The number of pyridine rings is 1. The molecule has 0 atom stereocenters. The molecular weight excluding hydrogens is 340 g/mol. The molecule has 2 aromatic carbocycles. The predicted octanol–water partition coefficient (Wildman–Crippen LogP) is 3.29. The molecule has 27 heavy (non-hydrogen) atoms. The number of carbonyl (C=O) groups is 3. The zero-order valence-electron chi connectivity index (χ0n) is 14.3. The topological polar surface area (TPSA) is 76.1 Å². The molecule has 132 valence electrons. The third-order valence-corrected chi connectivity index (χ3v) is 3.81. The highest BCUT2D eigenvalue weighted by molar-refractivity contribution is 6.34. The molecule has 5 heteroatoms. The lowest BCUT2D eigenvalue weighted by atomic mass is 10.1. The van der Waals surface area contributed by atoms with Crippen molar-refractivity contribution in [1.82, 2.24) is 10.3 Å². The Labute approximate surface area is 156 Å². The molecule has 0 aliphatic heterocycles. The van der Waals surface area contributed by atoms with Gasteiger partial charge in [0.25, 0.3) is 5.91 Å². The summed E-state index contributed by atoms with van der Waals surface area (Å²) >= 11 is 0. The lowest BCUT2D eigenvalue weighted by Gasteiger charge is -2.08. The molecule has 1 N–H and O–H groups in total. The molecule has 1 heterocycles. The van der Waals surface area contributed by atoms with Crippen LogP contribution in [0.2, 0.25) is 0 Å². The summed E-state index contributed by atoms with van der Waals surface area (Å²) in [5.74, 6) is -1.26. The first-order valence-corrected chi connectivity index (χ1v) is 8.26. The molecule has 1 aromatic heterocycles. The number of hydrogen-bond acceptors (Lipinski definition) is 4. The Morgan fingerprint density at radius 3 is 2.37 bits per heavy atom. The highest BCUT2D eigenvalue weighted by atomic mass is 16.2. The maximum Gasteiger partial charge on any atom is 0.255 e. The van der Waals surface area contributed by atoms with Crippen LogP contribution >= 0.6 is 0 Å². The van der Waals surface area contributed by atoms with Crippen molar-refractivity contribution in [1.29, 1.82) is 0 Å². The minimum atomic E-state index is -0.803. The summed E-state index contributed by atoms with van der Waals surface area (Å²) < 4.78 is 0. The van der Waals surface area contributed by atoms with Crippen molar-refractivity contribution >= 4 is 24.1 Å². The predicted molar refractivity (Wildman–Crippen MR) is 103 cm³/mol. The summed E-state index contributed by atoms with van der Waals surface area (Å²) in [5, 5.41) is 2.52. The standard InChI is InChI=1S/C22H16N2O3/c25-15-21(26)20(24-22(27)17-8-2-1-3-9-17)14-16-7-6-10-18(13-16)19-11-4-5-12-23-19/h1-15H,(H,24,27)/b20-14-. The zero-order valence-corrected chi connectivity index (χ0v) is 14.3. The van der Waals surface area contributed by atoms with E-state index in [9.17, 15) is 14.4 Å². The van der Waals surface area contributed by atoms with Crippen LogP contribution in [0, 0.1) is 0 Å². The monoisotopic (exact) mass is 356 g/mol. The van der Waals surface area contributed by atoms with E-state index in [1.54, 1.807) is 42.6 Å². The number of ketones is 1. The molecule has 0 aliphatic carbocycles. The van der Waals surface area contributed by atoms with Crippen molar-refractivity contribution in [3.63, 3.8) is 0 Å². The van der Waals surface area contributed by atoms with Crippen LogP contribution in [0.15, 0.2) is 84.7 Å². The van der Waals surface area contributed by atoms with Crippen molar-refractivity contribution in [3.8, 4) is 11.3 Å². The number of Topliss-reactive ketones (excluding diaryl/α,β-unsaturated/α-hetero) is 1. The summed E-state index contributed by atoms with van der Waals surface area (Å²) in [7, 11) is 0. The van der Waals surface area contributed by atoms with Crippen molar-refractivity contribution in [3.05, 3.63) is 95.8 Å². The Bertz CT molecular complexity index is 996. The van der Waals surface area contributed by atoms with E-state index in [4.69, 9.17) is 0 Å². The van der Waals surface area contributed by atoms with E-state index in [1.165, 1.54) is 6.08 Å². The molecule has 0 radical (unpaired) electrons. The molecule has 0 saturated carbocycles. The van der Waals surface area contributed by atoms with Gasteiger partial charge in [-0.15, -0.1) is 0 Å². The van der Waals surface area contributed by atoms with Gasteiger partial charge in [-0.25, -0.2) is 0 Å². The summed E-state index contributed by atoms with van der Waals surface area (Å²) in [6, 6.07) is 21.4. The first kappa shape index (κ1) is 17.9. The van der Waals surface area contributed by atoms with Crippen LogP contribution in [0.3, 0.4) is 0 Å². The second-order valence-corrected chi connectivity index (χ2v) is 5.70. The number of aldehydes is 1. The Morgan fingerprint density at radius 2 is 1.67 bits per heavy atom. The number of carbonyl (C=O) groups excluding carboxylic acids is 3. The first-order valence-electron chi connectivity index (χ1n) is 8.26. The van der Waals surface area contributed by atoms with Gasteiger partial charge in [0.1, 0.15) is 0 Å². The van der Waals surface area contributed by atoms with Crippen molar-refractivity contribution in [2.24, 2.45) is 0 Å². The van der Waals surface area contributed by atoms with Crippen LogP contribution in [0.5, 0.6) is 0 Å². The van der Waals surface area contributed by atoms with Crippen LogP contribution in [-0.2, 0) is 9.59 Å². The molecule has 0 aliphatic rings. The van der Waals surface area contributed by atoms with E-state index in [0.29, 0.717) is 11.1 Å². The fourth-order valence-electron chi connectivity index (χ4n) is 2.50. The number of amides is 1. The zero-order chi connectivity index (χ0) is 19.1. The molecule has 1 amide bonds. The lowest BCUT2D eigenvalue weighted by molar-refractivity contribution is -0.127. The second-order valence-electron chi connectivity index (χ2n) is 5.70. The summed E-state index contributed by atoms with van der Waals surface area (Å²) in [6.45, 7) is 0. The van der Waals surface area contributed by atoms with Crippen LogP contribution in [0.1, 0.15) is 15.9 Å². The van der Waals surface area contributed by atoms with Gasteiger partial charge in [-0.3, -0.25) is 19.4 Å². The average molecular weight is 356 g/mol. The Kier molecular flexibility index (Phi) is 5.64. The number of nitrogens with one attached hydrogen (secondary N) is 1. The lowest BCUT2D eigenvalue weighted by Crippen LogP contribution is -2.27. The van der Waals surface area contributed by atoms with Crippen LogP contribution in [-0.4, -0.2) is 23.0 Å². The molecular formula is C22H16N2O3. The minimum absolute atomic E-state index is 0.0861. The van der Waals surface area contributed by atoms with Gasteiger partial charge >= 0.3 is 0 Å². The maximum absolute atomic E-state index is 12.3. The van der Waals surface area contributed by atoms with Crippen molar-refractivity contribution in [2.75, 3.05) is 0 Å².